The largest absolute Gasteiger partial charge is 0.493 e. The molecule has 7 heteroatoms. The van der Waals surface area contributed by atoms with Crippen molar-refractivity contribution in [2.75, 3.05) is 33.5 Å². The van der Waals surface area contributed by atoms with E-state index in [9.17, 15) is 9.90 Å². The van der Waals surface area contributed by atoms with Crippen LogP contribution in [0.5, 0.6) is 17.2 Å². The number of benzene rings is 2. The van der Waals surface area contributed by atoms with Crippen LogP contribution in [0.2, 0.25) is 0 Å². The highest BCUT2D eigenvalue weighted by Crippen LogP contribution is 2.32. The van der Waals surface area contributed by atoms with Gasteiger partial charge in [-0.15, -0.1) is 0 Å². The van der Waals surface area contributed by atoms with Gasteiger partial charge >= 0.3 is 0 Å². The number of hydrogen-bond donors (Lipinski definition) is 1. The van der Waals surface area contributed by atoms with Crippen molar-refractivity contribution in [3.63, 3.8) is 0 Å². The number of epoxide rings is 2. The van der Waals surface area contributed by atoms with Crippen molar-refractivity contribution >= 4 is 5.78 Å². The number of Topliss-reactive ketones (excluding diaryl/α,β-unsaturated/α-hetero) is 1. The minimum atomic E-state index is -0.886. The van der Waals surface area contributed by atoms with Gasteiger partial charge in [-0.2, -0.15) is 0 Å². The van der Waals surface area contributed by atoms with Crippen molar-refractivity contribution in [3.05, 3.63) is 53.6 Å². The molecule has 0 spiro atoms. The van der Waals surface area contributed by atoms with Gasteiger partial charge in [0.25, 0.3) is 0 Å². The minimum Gasteiger partial charge on any atom is -0.493 e. The van der Waals surface area contributed by atoms with E-state index >= 15 is 0 Å². The van der Waals surface area contributed by atoms with Gasteiger partial charge in [0, 0.05) is 12.8 Å². The molecule has 0 aromatic heterocycles. The van der Waals surface area contributed by atoms with E-state index in [1.807, 2.05) is 24.3 Å². The van der Waals surface area contributed by atoms with Gasteiger partial charge in [0.2, 0.25) is 0 Å². The Kier molecular flexibility index (Phi) is 7.06. The molecule has 2 aliphatic rings. The van der Waals surface area contributed by atoms with Crippen molar-refractivity contribution in [1.82, 2.24) is 0 Å². The first-order valence-corrected chi connectivity index (χ1v) is 10.6. The molecule has 3 unspecified atom stereocenters. The zero-order valence-corrected chi connectivity index (χ0v) is 17.6. The number of carbonyl (C=O) groups is 1. The number of ketones is 1. The van der Waals surface area contributed by atoms with Crippen molar-refractivity contribution in [2.24, 2.45) is 0 Å². The standard InChI is InChI=1S/C24H28O7/c1-27-24-10-17(5-9-23(24)31-15-21-14-30-21)22(26)11-18(25)6-2-16-3-7-19(8-4-16)28-12-20-13-29-20/h3-5,7-10,20-22,26H,2,6,11-15H2,1H3. The van der Waals surface area contributed by atoms with Crippen LogP contribution >= 0.6 is 0 Å². The molecular formula is C24H28O7. The maximum absolute atomic E-state index is 12.4. The molecule has 2 saturated heterocycles. The second-order valence-corrected chi connectivity index (χ2v) is 7.85. The topological polar surface area (TPSA) is 90.1 Å². The third-order valence-corrected chi connectivity index (χ3v) is 5.27. The lowest BCUT2D eigenvalue weighted by molar-refractivity contribution is -0.121. The van der Waals surface area contributed by atoms with Gasteiger partial charge in [-0.3, -0.25) is 4.79 Å². The van der Waals surface area contributed by atoms with Crippen LogP contribution in [0.25, 0.3) is 0 Å². The number of methoxy groups -OCH3 is 1. The second-order valence-electron chi connectivity index (χ2n) is 7.85. The monoisotopic (exact) mass is 428 g/mol. The van der Waals surface area contributed by atoms with Crippen molar-refractivity contribution in [2.45, 2.75) is 37.6 Å². The third-order valence-electron chi connectivity index (χ3n) is 5.27. The fourth-order valence-electron chi connectivity index (χ4n) is 3.18. The van der Waals surface area contributed by atoms with E-state index in [1.54, 1.807) is 25.3 Å². The molecule has 0 bridgehead atoms. The molecule has 3 atom stereocenters. The molecule has 0 aliphatic carbocycles. The van der Waals surface area contributed by atoms with E-state index in [0.29, 0.717) is 43.1 Å². The Labute approximate surface area is 181 Å². The first-order chi connectivity index (χ1) is 15.1. The third kappa shape index (κ3) is 6.69. The molecule has 2 aromatic carbocycles. The molecule has 2 heterocycles. The van der Waals surface area contributed by atoms with Crippen LogP contribution in [0.3, 0.4) is 0 Å². The van der Waals surface area contributed by atoms with Crippen LogP contribution in [-0.4, -0.2) is 56.6 Å². The molecule has 7 nitrogen and oxygen atoms in total. The lowest BCUT2D eigenvalue weighted by Gasteiger charge is -2.15. The van der Waals surface area contributed by atoms with Gasteiger partial charge in [0.05, 0.1) is 26.4 Å². The van der Waals surface area contributed by atoms with Gasteiger partial charge < -0.3 is 28.8 Å². The number of rotatable bonds is 13. The molecular weight excluding hydrogens is 400 g/mol. The van der Waals surface area contributed by atoms with Gasteiger partial charge in [-0.25, -0.2) is 0 Å². The first kappa shape index (κ1) is 21.6. The van der Waals surface area contributed by atoms with E-state index in [1.165, 1.54) is 0 Å². The number of aryl methyl sites for hydroxylation is 1. The second kappa shape index (κ2) is 10.1. The highest BCUT2D eigenvalue weighted by molar-refractivity contribution is 5.79. The van der Waals surface area contributed by atoms with Crippen LogP contribution < -0.4 is 14.2 Å². The van der Waals surface area contributed by atoms with Crippen LogP contribution in [0.1, 0.15) is 30.1 Å². The van der Waals surface area contributed by atoms with Crippen molar-refractivity contribution in [3.8, 4) is 17.2 Å². The molecule has 1 N–H and O–H groups in total. The Bertz CT molecular complexity index is 872. The van der Waals surface area contributed by atoms with E-state index in [0.717, 1.165) is 24.5 Å². The van der Waals surface area contributed by atoms with E-state index in [-0.39, 0.29) is 24.4 Å². The predicted octanol–water partition coefficient (Wildman–Crippen LogP) is 2.88. The van der Waals surface area contributed by atoms with Gasteiger partial charge in [0.15, 0.2) is 11.5 Å². The lowest BCUT2D eigenvalue weighted by Crippen LogP contribution is -2.09. The van der Waals surface area contributed by atoms with E-state index in [4.69, 9.17) is 23.7 Å². The molecule has 4 rings (SSSR count). The molecule has 31 heavy (non-hydrogen) atoms. The van der Waals surface area contributed by atoms with Gasteiger partial charge in [-0.1, -0.05) is 18.2 Å². The Hall–Kier alpha value is -2.61. The van der Waals surface area contributed by atoms with Crippen molar-refractivity contribution < 1.29 is 33.6 Å². The molecule has 2 aliphatic heterocycles. The molecule has 0 amide bonds. The number of carbonyl (C=O) groups excluding carboxylic acids is 1. The fraction of sp³-hybridized carbons (Fsp3) is 0.458. The summed E-state index contributed by atoms with van der Waals surface area (Å²) in [5.74, 6) is 1.92. The number of ether oxygens (including phenoxy) is 5. The number of aliphatic hydroxyl groups is 1. The highest BCUT2D eigenvalue weighted by atomic mass is 16.6. The summed E-state index contributed by atoms with van der Waals surface area (Å²) < 4.78 is 26.9. The SMILES string of the molecule is COc1cc(C(O)CC(=O)CCc2ccc(OCC3CO3)cc2)ccc1OCC1CO1. The lowest BCUT2D eigenvalue weighted by atomic mass is 10.00. The van der Waals surface area contributed by atoms with Gasteiger partial charge in [-0.05, 0) is 41.8 Å². The fourth-order valence-corrected chi connectivity index (χ4v) is 3.18. The molecule has 0 saturated carbocycles. The van der Waals surface area contributed by atoms with Gasteiger partial charge in [0.1, 0.15) is 37.0 Å². The molecule has 0 radical (unpaired) electrons. The summed E-state index contributed by atoms with van der Waals surface area (Å²) in [6, 6.07) is 13.0. The summed E-state index contributed by atoms with van der Waals surface area (Å²) in [7, 11) is 1.55. The molecule has 2 fully saturated rings. The molecule has 2 aromatic rings. The normalized spacial score (nSPS) is 20.1. The first-order valence-electron chi connectivity index (χ1n) is 10.6. The summed E-state index contributed by atoms with van der Waals surface area (Å²) in [5, 5.41) is 10.5. The highest BCUT2D eigenvalue weighted by Gasteiger charge is 2.24. The smallest absolute Gasteiger partial charge is 0.161 e. The quantitative estimate of drug-likeness (QED) is 0.491. The Morgan fingerprint density at radius 2 is 1.71 bits per heavy atom. The zero-order valence-electron chi connectivity index (χ0n) is 17.6. The minimum absolute atomic E-state index is 0.00360. The summed E-state index contributed by atoms with van der Waals surface area (Å²) in [4.78, 5) is 12.4. The number of hydrogen-bond acceptors (Lipinski definition) is 7. The predicted molar refractivity (Wildman–Crippen MR) is 113 cm³/mol. The summed E-state index contributed by atoms with van der Waals surface area (Å²) in [6.45, 7) is 2.53. The van der Waals surface area contributed by atoms with E-state index in [2.05, 4.69) is 0 Å². The average molecular weight is 428 g/mol. The Morgan fingerprint density at radius 1 is 1.03 bits per heavy atom. The van der Waals surface area contributed by atoms with Crippen LogP contribution in [0.4, 0.5) is 0 Å². The van der Waals surface area contributed by atoms with Crippen LogP contribution in [0, 0.1) is 0 Å². The summed E-state index contributed by atoms with van der Waals surface area (Å²) in [5.41, 5.74) is 1.68. The van der Waals surface area contributed by atoms with E-state index < -0.39 is 6.10 Å². The van der Waals surface area contributed by atoms with Crippen LogP contribution in [-0.2, 0) is 20.7 Å². The maximum Gasteiger partial charge on any atom is 0.161 e. The zero-order chi connectivity index (χ0) is 21.6. The maximum atomic E-state index is 12.4. The number of aliphatic hydroxyl groups excluding tert-OH is 1. The summed E-state index contributed by atoms with van der Waals surface area (Å²) in [6.07, 6.45) is 0.534. The Morgan fingerprint density at radius 3 is 2.35 bits per heavy atom. The molecule has 166 valence electrons. The Balaban J connectivity index is 1.23. The average Bonchev–Trinajstić information content (AvgIpc) is 3.70. The van der Waals surface area contributed by atoms with Crippen LogP contribution in [0.15, 0.2) is 42.5 Å². The van der Waals surface area contributed by atoms with Crippen molar-refractivity contribution in [1.29, 1.82) is 0 Å². The summed E-state index contributed by atoms with van der Waals surface area (Å²) >= 11 is 0.